The molecule has 0 fully saturated rings. The second kappa shape index (κ2) is 11.0. The van der Waals surface area contributed by atoms with Crippen LogP contribution in [0.2, 0.25) is 5.02 Å². The van der Waals surface area contributed by atoms with Crippen LogP contribution in [0.5, 0.6) is 0 Å². The molecule has 7 nitrogen and oxygen atoms in total. The lowest BCUT2D eigenvalue weighted by Crippen LogP contribution is -2.20. The highest BCUT2D eigenvalue weighted by atomic mass is 35.5. The van der Waals surface area contributed by atoms with E-state index in [2.05, 4.69) is 20.7 Å². The van der Waals surface area contributed by atoms with Crippen LogP contribution in [0.1, 0.15) is 5.56 Å². The number of hydrogen-bond acceptors (Lipinski definition) is 6. The van der Waals surface area contributed by atoms with Crippen LogP contribution < -0.4 is 10.3 Å². The molecule has 0 radical (unpaired) electrons. The summed E-state index contributed by atoms with van der Waals surface area (Å²) in [5, 5.41) is 14.0. The summed E-state index contributed by atoms with van der Waals surface area (Å²) >= 11 is 7.33. The lowest BCUT2D eigenvalue weighted by molar-refractivity contribution is -0.118. The number of benzene rings is 3. The molecule has 4 aromatic rings. The predicted octanol–water partition coefficient (Wildman–Crippen LogP) is 4.90. The van der Waals surface area contributed by atoms with Gasteiger partial charge in [0.05, 0.1) is 12.0 Å². The Morgan fingerprint density at radius 3 is 2.41 bits per heavy atom. The van der Waals surface area contributed by atoms with E-state index in [0.29, 0.717) is 16.0 Å². The zero-order chi connectivity index (χ0) is 23.9. The van der Waals surface area contributed by atoms with E-state index in [-0.39, 0.29) is 11.7 Å². The van der Waals surface area contributed by atoms with Crippen molar-refractivity contribution in [3.63, 3.8) is 0 Å². The first-order valence-electron chi connectivity index (χ1n) is 10.5. The van der Waals surface area contributed by atoms with Gasteiger partial charge in [-0.3, -0.25) is 9.36 Å². The quantitative estimate of drug-likeness (QED) is 0.216. The van der Waals surface area contributed by atoms with Crippen LogP contribution in [-0.4, -0.2) is 46.7 Å². The molecule has 34 heavy (non-hydrogen) atoms. The molecule has 0 saturated heterocycles. The number of halogens is 1. The second-order valence-electron chi connectivity index (χ2n) is 7.55. The van der Waals surface area contributed by atoms with Crippen LogP contribution in [0, 0.1) is 0 Å². The molecule has 172 valence electrons. The fourth-order valence-electron chi connectivity index (χ4n) is 3.16. The Kier molecular flexibility index (Phi) is 7.61. The minimum Gasteiger partial charge on any atom is -0.378 e. The van der Waals surface area contributed by atoms with E-state index in [1.165, 1.54) is 11.8 Å². The number of anilines is 1. The molecule has 0 aliphatic rings. The van der Waals surface area contributed by atoms with Crippen molar-refractivity contribution in [1.29, 1.82) is 0 Å². The number of nitrogens with one attached hydrogen (secondary N) is 1. The van der Waals surface area contributed by atoms with Gasteiger partial charge in [-0.05, 0) is 54.1 Å². The first-order chi connectivity index (χ1) is 16.5. The Morgan fingerprint density at radius 1 is 1.03 bits per heavy atom. The van der Waals surface area contributed by atoms with Crippen molar-refractivity contribution in [1.82, 2.24) is 20.2 Å². The average molecular weight is 491 g/mol. The highest BCUT2D eigenvalue weighted by molar-refractivity contribution is 7.99. The third-order valence-electron chi connectivity index (χ3n) is 4.89. The standard InChI is InChI=1S/C25H23ClN6OS/c1-31(2)21-14-8-18(9-15-21)16-27-28-23(33)17-34-25-30-29-24(19-10-12-20(26)13-11-19)32(25)22-6-4-3-5-7-22/h3-16H,17H2,1-2H3,(H,28,33)/b27-16+. The lowest BCUT2D eigenvalue weighted by Gasteiger charge is -2.11. The third kappa shape index (κ3) is 5.84. The van der Waals surface area contributed by atoms with Gasteiger partial charge in [0, 0.05) is 36.1 Å². The molecule has 0 aliphatic heterocycles. The van der Waals surface area contributed by atoms with Gasteiger partial charge < -0.3 is 4.90 Å². The van der Waals surface area contributed by atoms with Crippen molar-refractivity contribution in [2.45, 2.75) is 5.16 Å². The Bertz CT molecular complexity index is 1270. The molecule has 1 N–H and O–H groups in total. The summed E-state index contributed by atoms with van der Waals surface area (Å²) in [7, 11) is 3.97. The zero-order valence-electron chi connectivity index (χ0n) is 18.7. The van der Waals surface area contributed by atoms with Crippen molar-refractivity contribution in [2.24, 2.45) is 5.10 Å². The number of thioether (sulfide) groups is 1. The van der Waals surface area contributed by atoms with Gasteiger partial charge in [-0.1, -0.05) is 53.7 Å². The van der Waals surface area contributed by atoms with Crippen LogP contribution in [0.3, 0.4) is 0 Å². The van der Waals surface area contributed by atoms with Gasteiger partial charge in [0.1, 0.15) is 0 Å². The van der Waals surface area contributed by atoms with Crippen molar-refractivity contribution in [3.8, 4) is 17.1 Å². The lowest BCUT2D eigenvalue weighted by atomic mass is 10.2. The van der Waals surface area contributed by atoms with Crippen molar-refractivity contribution >= 4 is 41.2 Å². The molecule has 0 saturated carbocycles. The Balaban J connectivity index is 1.45. The molecule has 0 bridgehead atoms. The van der Waals surface area contributed by atoms with Gasteiger partial charge in [0.2, 0.25) is 0 Å². The Labute approximate surface area is 207 Å². The van der Waals surface area contributed by atoms with E-state index in [1.54, 1.807) is 6.21 Å². The van der Waals surface area contributed by atoms with Crippen molar-refractivity contribution in [2.75, 3.05) is 24.7 Å². The number of amides is 1. The van der Waals surface area contributed by atoms with Crippen LogP contribution in [-0.2, 0) is 4.79 Å². The maximum atomic E-state index is 12.4. The summed E-state index contributed by atoms with van der Waals surface area (Å²) in [6.07, 6.45) is 1.62. The van der Waals surface area contributed by atoms with E-state index in [1.807, 2.05) is 102 Å². The molecule has 4 rings (SSSR count). The Morgan fingerprint density at radius 2 is 1.74 bits per heavy atom. The molecule has 1 amide bonds. The van der Waals surface area contributed by atoms with Gasteiger partial charge in [-0.2, -0.15) is 5.10 Å². The summed E-state index contributed by atoms with van der Waals surface area (Å²) in [4.78, 5) is 14.4. The summed E-state index contributed by atoms with van der Waals surface area (Å²) in [5.41, 5.74) is 6.34. The van der Waals surface area contributed by atoms with Gasteiger partial charge in [-0.25, -0.2) is 5.43 Å². The largest absolute Gasteiger partial charge is 0.378 e. The molecule has 0 spiro atoms. The van der Waals surface area contributed by atoms with Gasteiger partial charge >= 0.3 is 0 Å². The smallest absolute Gasteiger partial charge is 0.250 e. The van der Waals surface area contributed by atoms with E-state index in [0.717, 1.165) is 22.5 Å². The summed E-state index contributed by atoms with van der Waals surface area (Å²) in [5.74, 6) is 0.578. The summed E-state index contributed by atoms with van der Waals surface area (Å²) < 4.78 is 1.93. The van der Waals surface area contributed by atoms with E-state index >= 15 is 0 Å². The SMILES string of the molecule is CN(C)c1ccc(/C=N/NC(=O)CSc2nnc(-c3ccc(Cl)cc3)n2-c2ccccc2)cc1. The predicted molar refractivity (Wildman–Crippen MR) is 139 cm³/mol. The molecule has 9 heteroatoms. The van der Waals surface area contributed by atoms with Crippen LogP contribution in [0.15, 0.2) is 89.1 Å². The molecular formula is C25H23ClN6OS. The molecule has 0 unspecified atom stereocenters. The van der Waals surface area contributed by atoms with Gasteiger partial charge in [-0.15, -0.1) is 10.2 Å². The normalized spacial score (nSPS) is 11.0. The third-order valence-corrected chi connectivity index (χ3v) is 6.08. The molecule has 1 heterocycles. The highest BCUT2D eigenvalue weighted by Gasteiger charge is 2.17. The first-order valence-corrected chi connectivity index (χ1v) is 11.9. The van der Waals surface area contributed by atoms with Gasteiger partial charge in [0.25, 0.3) is 5.91 Å². The minimum atomic E-state index is -0.234. The summed E-state index contributed by atoms with van der Waals surface area (Å²) in [6.45, 7) is 0. The van der Waals surface area contributed by atoms with Gasteiger partial charge in [0.15, 0.2) is 11.0 Å². The van der Waals surface area contributed by atoms with Crippen LogP contribution in [0.25, 0.3) is 17.1 Å². The number of hydrogen-bond donors (Lipinski definition) is 1. The fraction of sp³-hybridized carbons (Fsp3) is 0.120. The maximum Gasteiger partial charge on any atom is 0.250 e. The first kappa shape index (κ1) is 23.5. The number of nitrogens with zero attached hydrogens (tertiary/aromatic N) is 5. The number of hydrazone groups is 1. The zero-order valence-corrected chi connectivity index (χ0v) is 20.3. The maximum absolute atomic E-state index is 12.4. The topological polar surface area (TPSA) is 75.4 Å². The van der Waals surface area contributed by atoms with Crippen LogP contribution >= 0.6 is 23.4 Å². The molecular weight excluding hydrogens is 468 g/mol. The van der Waals surface area contributed by atoms with E-state index in [4.69, 9.17) is 11.6 Å². The summed E-state index contributed by atoms with van der Waals surface area (Å²) in [6, 6.07) is 25.1. The molecule has 3 aromatic carbocycles. The average Bonchev–Trinajstić information content (AvgIpc) is 3.28. The number of rotatable bonds is 8. The number of para-hydroxylation sites is 1. The fourth-order valence-corrected chi connectivity index (χ4v) is 4.03. The molecule has 0 atom stereocenters. The second-order valence-corrected chi connectivity index (χ2v) is 8.93. The minimum absolute atomic E-state index is 0.141. The highest BCUT2D eigenvalue weighted by Crippen LogP contribution is 2.28. The number of carbonyl (C=O) groups is 1. The van der Waals surface area contributed by atoms with Crippen molar-refractivity contribution < 1.29 is 4.79 Å². The monoisotopic (exact) mass is 490 g/mol. The Hall–Kier alpha value is -3.62. The molecule has 1 aromatic heterocycles. The van der Waals surface area contributed by atoms with Crippen LogP contribution in [0.4, 0.5) is 5.69 Å². The van der Waals surface area contributed by atoms with E-state index < -0.39 is 0 Å². The molecule has 0 aliphatic carbocycles. The van der Waals surface area contributed by atoms with E-state index in [9.17, 15) is 4.79 Å². The number of carbonyl (C=O) groups excluding carboxylic acids is 1. The van der Waals surface area contributed by atoms with Crippen molar-refractivity contribution in [3.05, 3.63) is 89.4 Å². The number of aromatic nitrogens is 3.